The van der Waals surface area contributed by atoms with Crippen LogP contribution in [0.1, 0.15) is 29.8 Å². The number of para-hydroxylation sites is 1. The van der Waals surface area contributed by atoms with E-state index in [0.29, 0.717) is 5.41 Å². The zero-order valence-electron chi connectivity index (χ0n) is 12.6. The number of hydrogen-bond donors (Lipinski definition) is 2. The molecule has 1 spiro atoms. The molecule has 0 radical (unpaired) electrons. The van der Waals surface area contributed by atoms with Crippen molar-refractivity contribution < 1.29 is 5.11 Å². The van der Waals surface area contributed by atoms with Crippen molar-refractivity contribution in [3.05, 3.63) is 47.3 Å². The van der Waals surface area contributed by atoms with Crippen molar-refractivity contribution in [3.63, 3.8) is 0 Å². The van der Waals surface area contributed by atoms with Gasteiger partial charge in [0.15, 0.2) is 0 Å². The Bertz CT molecular complexity index is 692. The molecule has 1 aliphatic heterocycles. The van der Waals surface area contributed by atoms with Crippen LogP contribution in [-0.2, 0) is 5.60 Å². The monoisotopic (exact) mass is 283 g/mol. The normalized spacial score (nSPS) is 21.9. The molecule has 1 aromatic carbocycles. The number of rotatable bonds is 2. The molecule has 2 aromatic rings. The van der Waals surface area contributed by atoms with Gasteiger partial charge in [-0.25, -0.2) is 4.68 Å². The second-order valence-corrected chi connectivity index (χ2v) is 6.86. The molecule has 0 unspecified atom stereocenters. The Hall–Kier alpha value is -1.65. The second kappa shape index (κ2) is 4.18. The molecule has 4 nitrogen and oxygen atoms in total. The molecule has 21 heavy (non-hydrogen) atoms. The van der Waals surface area contributed by atoms with E-state index in [-0.39, 0.29) is 0 Å². The molecule has 2 N–H and O–H groups in total. The van der Waals surface area contributed by atoms with Crippen molar-refractivity contribution in [3.8, 4) is 5.69 Å². The summed E-state index contributed by atoms with van der Waals surface area (Å²) in [5, 5.41) is 19.0. The van der Waals surface area contributed by atoms with Crippen molar-refractivity contribution >= 4 is 0 Å². The van der Waals surface area contributed by atoms with Gasteiger partial charge < -0.3 is 10.4 Å². The predicted molar refractivity (Wildman–Crippen MR) is 81.5 cm³/mol. The fraction of sp³-hybridized carbons (Fsp3) is 0.471. The first-order valence-electron chi connectivity index (χ1n) is 7.58. The standard InChI is InChI=1S/C17H21N3O/c1-12-5-3-4-6-14(12)20-15(7-13(2)19-20)17(21)8-16(9-17)10-18-11-16/h3-7,18,21H,8-11H2,1-2H3. The topological polar surface area (TPSA) is 50.1 Å². The summed E-state index contributed by atoms with van der Waals surface area (Å²) < 4.78 is 1.93. The molecule has 110 valence electrons. The van der Waals surface area contributed by atoms with Crippen LogP contribution in [0.25, 0.3) is 5.69 Å². The van der Waals surface area contributed by atoms with E-state index in [0.717, 1.165) is 43.0 Å². The van der Waals surface area contributed by atoms with Gasteiger partial charge in [-0.2, -0.15) is 5.10 Å². The molecule has 1 saturated carbocycles. The van der Waals surface area contributed by atoms with Gasteiger partial charge in [0.05, 0.1) is 17.1 Å². The molecule has 2 heterocycles. The first-order valence-corrected chi connectivity index (χ1v) is 7.58. The van der Waals surface area contributed by atoms with Gasteiger partial charge in [-0.3, -0.25) is 0 Å². The Kier molecular flexibility index (Phi) is 2.60. The molecular formula is C17H21N3O. The Morgan fingerprint density at radius 2 is 1.90 bits per heavy atom. The van der Waals surface area contributed by atoms with Gasteiger partial charge in [0, 0.05) is 18.5 Å². The van der Waals surface area contributed by atoms with Gasteiger partial charge in [0.25, 0.3) is 0 Å². The summed E-state index contributed by atoms with van der Waals surface area (Å²) in [6.45, 7) is 6.14. The van der Waals surface area contributed by atoms with Crippen LogP contribution in [0.3, 0.4) is 0 Å². The summed E-state index contributed by atoms with van der Waals surface area (Å²) in [5.41, 5.74) is 3.71. The molecule has 1 saturated heterocycles. The molecule has 4 rings (SSSR count). The van der Waals surface area contributed by atoms with Crippen LogP contribution in [0.5, 0.6) is 0 Å². The van der Waals surface area contributed by atoms with Crippen LogP contribution in [0.4, 0.5) is 0 Å². The number of aryl methyl sites for hydroxylation is 2. The Morgan fingerprint density at radius 1 is 1.19 bits per heavy atom. The number of nitrogens with one attached hydrogen (secondary N) is 1. The fourth-order valence-corrected chi connectivity index (χ4v) is 3.91. The molecule has 4 heteroatoms. The predicted octanol–water partition coefficient (Wildman–Crippen LogP) is 2.06. The summed E-state index contributed by atoms with van der Waals surface area (Å²) in [7, 11) is 0. The number of hydrogen-bond acceptors (Lipinski definition) is 3. The summed E-state index contributed by atoms with van der Waals surface area (Å²) >= 11 is 0. The molecule has 1 aliphatic carbocycles. The van der Waals surface area contributed by atoms with Gasteiger partial charge in [-0.1, -0.05) is 18.2 Å². The van der Waals surface area contributed by atoms with Gasteiger partial charge in [-0.15, -0.1) is 0 Å². The van der Waals surface area contributed by atoms with Crippen molar-refractivity contribution in [2.45, 2.75) is 32.3 Å². The van der Waals surface area contributed by atoms with E-state index < -0.39 is 5.60 Å². The maximum Gasteiger partial charge on any atom is 0.108 e. The minimum Gasteiger partial charge on any atom is -0.384 e. The van der Waals surface area contributed by atoms with Gasteiger partial charge in [-0.05, 0) is 44.4 Å². The van der Waals surface area contributed by atoms with E-state index in [1.165, 1.54) is 5.56 Å². The fourth-order valence-electron chi connectivity index (χ4n) is 3.91. The summed E-state index contributed by atoms with van der Waals surface area (Å²) in [5.74, 6) is 0. The zero-order chi connectivity index (χ0) is 14.7. The molecule has 0 atom stereocenters. The third-order valence-electron chi connectivity index (χ3n) is 4.99. The van der Waals surface area contributed by atoms with Crippen LogP contribution >= 0.6 is 0 Å². The summed E-state index contributed by atoms with van der Waals surface area (Å²) in [6.07, 6.45) is 1.67. The number of aromatic nitrogens is 2. The Morgan fingerprint density at radius 3 is 2.52 bits per heavy atom. The zero-order valence-corrected chi connectivity index (χ0v) is 12.6. The minimum absolute atomic E-state index is 0.323. The van der Waals surface area contributed by atoms with Gasteiger partial charge >= 0.3 is 0 Å². The third kappa shape index (κ3) is 1.86. The van der Waals surface area contributed by atoms with Crippen molar-refractivity contribution in [1.29, 1.82) is 0 Å². The van der Waals surface area contributed by atoms with Crippen LogP contribution in [0.2, 0.25) is 0 Å². The van der Waals surface area contributed by atoms with Crippen LogP contribution < -0.4 is 5.32 Å². The van der Waals surface area contributed by atoms with E-state index in [2.05, 4.69) is 29.5 Å². The maximum atomic E-state index is 11.0. The van der Waals surface area contributed by atoms with Crippen molar-refractivity contribution in [2.24, 2.45) is 5.41 Å². The van der Waals surface area contributed by atoms with E-state index >= 15 is 0 Å². The Balaban J connectivity index is 1.75. The Labute approximate surface area is 124 Å². The first kappa shape index (κ1) is 13.0. The lowest BCUT2D eigenvalue weighted by molar-refractivity contribution is -0.159. The lowest BCUT2D eigenvalue weighted by atomic mass is 9.55. The third-order valence-corrected chi connectivity index (χ3v) is 4.99. The van der Waals surface area contributed by atoms with E-state index in [1.54, 1.807) is 0 Å². The molecule has 0 amide bonds. The van der Waals surface area contributed by atoms with Crippen LogP contribution in [0, 0.1) is 19.3 Å². The van der Waals surface area contributed by atoms with Crippen molar-refractivity contribution in [1.82, 2.24) is 15.1 Å². The molecule has 2 fully saturated rings. The van der Waals surface area contributed by atoms with Crippen molar-refractivity contribution in [2.75, 3.05) is 13.1 Å². The number of nitrogens with zero attached hydrogens (tertiary/aromatic N) is 2. The highest BCUT2D eigenvalue weighted by Crippen LogP contribution is 2.56. The molecular weight excluding hydrogens is 262 g/mol. The number of aliphatic hydroxyl groups is 1. The highest BCUT2D eigenvalue weighted by molar-refractivity contribution is 5.42. The SMILES string of the molecule is Cc1cc(C2(O)CC3(CNC3)C2)n(-c2ccccc2C)n1. The van der Waals surface area contributed by atoms with Crippen LogP contribution in [0.15, 0.2) is 30.3 Å². The van der Waals surface area contributed by atoms with E-state index in [4.69, 9.17) is 0 Å². The van der Waals surface area contributed by atoms with E-state index in [9.17, 15) is 5.11 Å². The first-order chi connectivity index (χ1) is 10.0. The molecule has 2 aliphatic rings. The lowest BCUT2D eigenvalue weighted by Crippen LogP contribution is -2.65. The quantitative estimate of drug-likeness (QED) is 0.887. The lowest BCUT2D eigenvalue weighted by Gasteiger charge is -2.58. The molecule has 1 aromatic heterocycles. The molecule has 0 bridgehead atoms. The van der Waals surface area contributed by atoms with Gasteiger partial charge in [0.2, 0.25) is 0 Å². The van der Waals surface area contributed by atoms with Gasteiger partial charge in [0.1, 0.15) is 5.60 Å². The average Bonchev–Trinajstić information content (AvgIpc) is 2.76. The highest BCUT2D eigenvalue weighted by atomic mass is 16.3. The maximum absolute atomic E-state index is 11.0. The smallest absolute Gasteiger partial charge is 0.108 e. The van der Waals surface area contributed by atoms with E-state index in [1.807, 2.05) is 29.8 Å². The largest absolute Gasteiger partial charge is 0.384 e. The number of benzene rings is 1. The second-order valence-electron chi connectivity index (χ2n) is 6.86. The highest BCUT2D eigenvalue weighted by Gasteiger charge is 2.58. The van der Waals surface area contributed by atoms with Crippen LogP contribution in [-0.4, -0.2) is 28.0 Å². The minimum atomic E-state index is -0.731. The average molecular weight is 283 g/mol. The summed E-state index contributed by atoms with van der Waals surface area (Å²) in [6, 6.07) is 10.2. The summed E-state index contributed by atoms with van der Waals surface area (Å²) in [4.78, 5) is 0.